The number of ether oxygens (including phenoxy) is 2. The van der Waals surface area contributed by atoms with Crippen LogP contribution in [0.1, 0.15) is 78.0 Å². The van der Waals surface area contributed by atoms with Gasteiger partial charge < -0.3 is 24.5 Å². The summed E-state index contributed by atoms with van der Waals surface area (Å²) in [5.74, 6) is -2.26. The Morgan fingerprint density at radius 1 is 0.936 bits per heavy atom. The average Bonchev–Trinajstić information content (AvgIpc) is 3.60. The number of methoxy groups -OCH3 is 2. The lowest BCUT2D eigenvalue weighted by molar-refractivity contribution is -0.200. The maximum atomic E-state index is 13.4. The first kappa shape index (κ1) is 36.5. The molecular weight excluding hydrogens is 606 g/mol. The van der Waals surface area contributed by atoms with Crippen molar-refractivity contribution in [3.05, 3.63) is 83.1 Å². The Labute approximate surface area is 274 Å². The van der Waals surface area contributed by atoms with Crippen LogP contribution in [0.3, 0.4) is 0 Å². The lowest BCUT2D eigenvalue weighted by Gasteiger charge is -2.32. The van der Waals surface area contributed by atoms with Crippen LogP contribution in [-0.4, -0.2) is 62.2 Å². The number of rotatable bonds is 19. The summed E-state index contributed by atoms with van der Waals surface area (Å²) in [5, 5.41) is 6.63. The third-order valence-corrected chi connectivity index (χ3v) is 7.69. The van der Waals surface area contributed by atoms with Crippen LogP contribution in [0.2, 0.25) is 0 Å². The van der Waals surface area contributed by atoms with Crippen molar-refractivity contribution >= 4 is 30.2 Å². The van der Waals surface area contributed by atoms with Gasteiger partial charge in [0.2, 0.25) is 12.3 Å². The highest BCUT2D eigenvalue weighted by Gasteiger charge is 2.32. The summed E-state index contributed by atoms with van der Waals surface area (Å²) in [6, 6.07) is 16.7. The number of unbranched alkanes of at least 4 members (excludes halogenated alkanes) is 2. The van der Waals surface area contributed by atoms with E-state index in [0.717, 1.165) is 24.8 Å². The van der Waals surface area contributed by atoms with Crippen LogP contribution >= 0.6 is 0 Å². The molecule has 3 aromatic rings. The predicted octanol–water partition coefficient (Wildman–Crippen LogP) is 4.82. The van der Waals surface area contributed by atoms with Gasteiger partial charge in [-0.15, -0.1) is 0 Å². The highest BCUT2D eigenvalue weighted by molar-refractivity contribution is 5.94. The van der Waals surface area contributed by atoms with E-state index in [2.05, 4.69) is 17.6 Å². The Kier molecular flexibility index (Phi) is 14.7. The van der Waals surface area contributed by atoms with E-state index < -0.39 is 29.8 Å². The number of amides is 3. The standard InChI is InChI=1S/C35H43N3O9/c1-5-7-9-14-28(29(6-2)38(23-39)46-21-24-12-10-8-11-13-24)33(41)36-22-37-34(42)31-18-17-30(47-31)25-15-16-27(35(43)45-4)26(19-25)20-32(40)44-3/h8,10-13,15-19,23,28-29H,5-7,9,14,20-22H2,1-4H3,(H,36,41)(H,37,42)/t28-,29-/m1/s1. The maximum absolute atomic E-state index is 13.4. The fourth-order valence-corrected chi connectivity index (χ4v) is 5.16. The molecule has 0 unspecified atom stereocenters. The van der Waals surface area contributed by atoms with E-state index >= 15 is 0 Å². The van der Waals surface area contributed by atoms with E-state index in [-0.39, 0.29) is 36.9 Å². The second-order valence-corrected chi connectivity index (χ2v) is 10.8. The molecule has 3 rings (SSSR count). The van der Waals surface area contributed by atoms with Gasteiger partial charge in [0.05, 0.1) is 44.8 Å². The average molecular weight is 650 g/mol. The van der Waals surface area contributed by atoms with Crippen LogP contribution in [0.15, 0.2) is 65.1 Å². The number of nitrogens with zero attached hydrogens (tertiary/aromatic N) is 1. The van der Waals surface area contributed by atoms with Crippen molar-refractivity contribution in [1.82, 2.24) is 15.7 Å². The minimum atomic E-state index is -0.603. The van der Waals surface area contributed by atoms with E-state index in [1.54, 1.807) is 18.2 Å². The quantitative estimate of drug-likeness (QED) is 0.0612. The molecule has 0 saturated carbocycles. The fraction of sp³-hybridized carbons (Fsp3) is 0.400. The summed E-state index contributed by atoms with van der Waals surface area (Å²) >= 11 is 0. The Morgan fingerprint density at radius 2 is 1.70 bits per heavy atom. The van der Waals surface area contributed by atoms with Gasteiger partial charge in [0.15, 0.2) is 5.76 Å². The second-order valence-electron chi connectivity index (χ2n) is 10.8. The minimum absolute atomic E-state index is 0.00631. The van der Waals surface area contributed by atoms with Crippen LogP contribution in [0.5, 0.6) is 0 Å². The number of furan rings is 1. The molecule has 0 bridgehead atoms. The molecule has 0 saturated heterocycles. The van der Waals surface area contributed by atoms with Gasteiger partial charge >= 0.3 is 11.9 Å². The zero-order valence-corrected chi connectivity index (χ0v) is 27.3. The summed E-state index contributed by atoms with van der Waals surface area (Å²) < 4.78 is 15.3. The van der Waals surface area contributed by atoms with Gasteiger partial charge in [0.25, 0.3) is 5.91 Å². The summed E-state index contributed by atoms with van der Waals surface area (Å²) in [5.41, 5.74) is 2.01. The Balaban J connectivity index is 1.66. The molecule has 2 aromatic carbocycles. The Bertz CT molecular complexity index is 1490. The molecule has 2 N–H and O–H groups in total. The topological polar surface area (TPSA) is 153 Å². The molecule has 1 heterocycles. The Morgan fingerprint density at radius 3 is 2.36 bits per heavy atom. The Hall–Kier alpha value is -4.97. The molecule has 12 nitrogen and oxygen atoms in total. The van der Waals surface area contributed by atoms with Gasteiger partial charge in [-0.05, 0) is 48.2 Å². The van der Waals surface area contributed by atoms with Crippen molar-refractivity contribution in [3.8, 4) is 11.3 Å². The minimum Gasteiger partial charge on any atom is -0.469 e. The van der Waals surface area contributed by atoms with Crippen LogP contribution in [0.4, 0.5) is 0 Å². The lowest BCUT2D eigenvalue weighted by Crippen LogP contribution is -2.48. The first-order chi connectivity index (χ1) is 22.8. The van der Waals surface area contributed by atoms with Gasteiger partial charge in [0.1, 0.15) is 12.4 Å². The fourth-order valence-electron chi connectivity index (χ4n) is 5.16. The maximum Gasteiger partial charge on any atom is 0.338 e. The normalized spacial score (nSPS) is 12.0. The zero-order chi connectivity index (χ0) is 34.2. The van der Waals surface area contributed by atoms with E-state index in [4.69, 9.17) is 18.7 Å². The number of carbonyl (C=O) groups is 5. The van der Waals surface area contributed by atoms with Crippen LogP contribution in [-0.2, 0) is 41.7 Å². The van der Waals surface area contributed by atoms with E-state index in [1.165, 1.54) is 31.4 Å². The number of benzene rings is 2. The molecule has 0 spiro atoms. The van der Waals surface area contributed by atoms with E-state index in [0.29, 0.717) is 36.1 Å². The first-order valence-electron chi connectivity index (χ1n) is 15.6. The summed E-state index contributed by atoms with van der Waals surface area (Å²) in [4.78, 5) is 68.3. The molecule has 0 aliphatic heterocycles. The number of carbonyl (C=O) groups excluding carboxylic acids is 5. The third kappa shape index (κ3) is 10.5. The number of hydrogen-bond acceptors (Lipinski definition) is 9. The van der Waals surface area contributed by atoms with Gasteiger partial charge in [-0.2, -0.15) is 0 Å². The number of hydroxylamine groups is 2. The van der Waals surface area contributed by atoms with Crippen molar-refractivity contribution < 1.29 is 42.7 Å². The molecule has 0 radical (unpaired) electrons. The third-order valence-electron chi connectivity index (χ3n) is 7.69. The lowest BCUT2D eigenvalue weighted by atomic mass is 9.90. The van der Waals surface area contributed by atoms with Crippen molar-refractivity contribution in [1.29, 1.82) is 0 Å². The molecule has 1 aromatic heterocycles. The van der Waals surface area contributed by atoms with Gasteiger partial charge in [-0.3, -0.25) is 24.0 Å². The molecule has 0 fully saturated rings. The zero-order valence-electron chi connectivity index (χ0n) is 27.3. The molecular formula is C35H43N3O9. The molecule has 2 atom stereocenters. The molecule has 0 aliphatic carbocycles. The number of esters is 2. The highest BCUT2D eigenvalue weighted by Crippen LogP contribution is 2.26. The molecule has 0 aliphatic rings. The second kappa shape index (κ2) is 18.9. The van der Waals surface area contributed by atoms with Gasteiger partial charge in [-0.1, -0.05) is 69.5 Å². The van der Waals surface area contributed by atoms with Gasteiger partial charge in [0, 0.05) is 5.56 Å². The smallest absolute Gasteiger partial charge is 0.338 e. The van der Waals surface area contributed by atoms with Crippen LogP contribution in [0.25, 0.3) is 11.3 Å². The van der Waals surface area contributed by atoms with Crippen molar-refractivity contribution in [3.63, 3.8) is 0 Å². The summed E-state index contributed by atoms with van der Waals surface area (Å²) in [6.07, 6.45) is 4.16. The van der Waals surface area contributed by atoms with Crippen LogP contribution in [0, 0.1) is 5.92 Å². The SMILES string of the molecule is CCCCC[C@@H](C(=O)NCNC(=O)c1ccc(-c2ccc(C(=O)OC)c(CC(=O)OC)c2)o1)[C@@H](CC)N(C=O)OCc1ccccc1. The highest BCUT2D eigenvalue weighted by atomic mass is 16.7. The summed E-state index contributed by atoms with van der Waals surface area (Å²) in [6.45, 7) is 3.98. The predicted molar refractivity (Wildman–Crippen MR) is 173 cm³/mol. The molecule has 252 valence electrons. The van der Waals surface area contributed by atoms with E-state index in [9.17, 15) is 24.0 Å². The largest absolute Gasteiger partial charge is 0.469 e. The molecule has 12 heteroatoms. The first-order valence-corrected chi connectivity index (χ1v) is 15.6. The summed E-state index contributed by atoms with van der Waals surface area (Å²) in [7, 11) is 2.49. The van der Waals surface area contributed by atoms with E-state index in [1.807, 2.05) is 37.3 Å². The monoisotopic (exact) mass is 649 g/mol. The van der Waals surface area contributed by atoms with Crippen molar-refractivity contribution in [2.24, 2.45) is 5.92 Å². The number of nitrogens with one attached hydrogen (secondary N) is 2. The molecule has 3 amide bonds. The van der Waals surface area contributed by atoms with Gasteiger partial charge in [-0.25, -0.2) is 9.86 Å². The van der Waals surface area contributed by atoms with Crippen LogP contribution < -0.4 is 10.6 Å². The number of hydrogen-bond donors (Lipinski definition) is 2. The van der Waals surface area contributed by atoms with Crippen molar-refractivity contribution in [2.45, 2.75) is 65.0 Å². The molecule has 47 heavy (non-hydrogen) atoms. The van der Waals surface area contributed by atoms with Crippen molar-refractivity contribution in [2.75, 3.05) is 20.9 Å².